The normalized spacial score (nSPS) is 11.1. The first kappa shape index (κ1) is 16.9. The van der Waals surface area contributed by atoms with Gasteiger partial charge in [0.05, 0.1) is 22.8 Å². The molecule has 4 N–H and O–H groups in total. The van der Waals surface area contributed by atoms with Gasteiger partial charge in [0.1, 0.15) is 11.6 Å². The lowest BCUT2D eigenvalue weighted by atomic mass is 10.1. The highest BCUT2D eigenvalue weighted by atomic mass is 16.1. The predicted octanol–water partition coefficient (Wildman–Crippen LogP) is 3.65. The molecule has 142 valence electrons. The molecule has 0 fully saturated rings. The molecule has 0 aliphatic rings. The fourth-order valence-corrected chi connectivity index (χ4v) is 3.30. The summed E-state index contributed by atoms with van der Waals surface area (Å²) in [5.41, 5.74) is 3.09. The zero-order chi connectivity index (χ0) is 19.8. The van der Waals surface area contributed by atoms with Crippen LogP contribution in [-0.4, -0.2) is 32.2 Å². The highest BCUT2D eigenvalue weighted by Gasteiger charge is 2.12. The number of hydrogen-bond acceptors (Lipinski definition) is 6. The number of H-pyrrole nitrogens is 2. The van der Waals surface area contributed by atoms with Crippen molar-refractivity contribution in [3.8, 4) is 11.3 Å². The summed E-state index contributed by atoms with van der Waals surface area (Å²) in [5.74, 6) is 1.26. The lowest BCUT2D eigenvalue weighted by Gasteiger charge is -2.11. The van der Waals surface area contributed by atoms with E-state index in [2.05, 4.69) is 30.8 Å². The van der Waals surface area contributed by atoms with E-state index in [0.717, 1.165) is 39.1 Å². The second-order valence-corrected chi connectivity index (χ2v) is 6.61. The Morgan fingerprint density at radius 3 is 2.76 bits per heavy atom. The SMILES string of the molecule is CNc1ccc(-c2cc3cc[nH]c(=O)c3c(Nc3ccc4cn[nH]c4c3)n2)cn1. The molecule has 0 atom stereocenters. The third-order valence-corrected chi connectivity index (χ3v) is 4.77. The van der Waals surface area contributed by atoms with Gasteiger partial charge in [0.25, 0.3) is 5.56 Å². The van der Waals surface area contributed by atoms with Crippen molar-refractivity contribution in [2.45, 2.75) is 0 Å². The second-order valence-electron chi connectivity index (χ2n) is 6.61. The lowest BCUT2D eigenvalue weighted by molar-refractivity contribution is 1.12. The molecule has 0 bridgehead atoms. The number of rotatable bonds is 4. The van der Waals surface area contributed by atoms with Gasteiger partial charge in [-0.25, -0.2) is 9.97 Å². The highest BCUT2D eigenvalue weighted by molar-refractivity contribution is 5.95. The Morgan fingerprint density at radius 2 is 1.93 bits per heavy atom. The third kappa shape index (κ3) is 3.06. The van der Waals surface area contributed by atoms with Crippen molar-refractivity contribution in [2.24, 2.45) is 0 Å². The molecule has 5 rings (SSSR count). The summed E-state index contributed by atoms with van der Waals surface area (Å²) in [6.45, 7) is 0. The Kier molecular flexibility index (Phi) is 3.94. The number of pyridine rings is 3. The summed E-state index contributed by atoms with van der Waals surface area (Å²) in [6, 6.07) is 13.4. The van der Waals surface area contributed by atoms with Crippen LogP contribution < -0.4 is 16.2 Å². The standard InChI is InChI=1S/C21H17N7O/c1-22-18-5-3-13(10-24-18)16-8-12-6-7-23-21(29)19(12)20(27-16)26-15-4-2-14-11-25-28-17(14)9-15/h2-11H,1H3,(H,22,24)(H,23,29)(H,25,28)(H,26,27). The molecule has 0 radical (unpaired) electrons. The molecule has 4 heterocycles. The van der Waals surface area contributed by atoms with E-state index in [1.54, 1.807) is 18.6 Å². The minimum absolute atomic E-state index is 0.199. The molecule has 0 aliphatic carbocycles. The molecular formula is C21H17N7O. The summed E-state index contributed by atoms with van der Waals surface area (Å²) in [7, 11) is 1.82. The molecule has 29 heavy (non-hydrogen) atoms. The molecule has 8 heteroatoms. The van der Waals surface area contributed by atoms with Crippen LogP contribution in [-0.2, 0) is 0 Å². The summed E-state index contributed by atoms with van der Waals surface area (Å²) < 4.78 is 0. The van der Waals surface area contributed by atoms with E-state index in [1.165, 1.54) is 0 Å². The van der Waals surface area contributed by atoms with Gasteiger partial charge in [-0.15, -0.1) is 0 Å². The lowest BCUT2D eigenvalue weighted by Crippen LogP contribution is -2.09. The van der Waals surface area contributed by atoms with Gasteiger partial charge in [-0.1, -0.05) is 0 Å². The van der Waals surface area contributed by atoms with Gasteiger partial charge < -0.3 is 15.6 Å². The van der Waals surface area contributed by atoms with E-state index in [-0.39, 0.29) is 5.56 Å². The number of hydrogen-bond donors (Lipinski definition) is 4. The van der Waals surface area contributed by atoms with Gasteiger partial charge in [-0.2, -0.15) is 5.10 Å². The molecular weight excluding hydrogens is 366 g/mol. The zero-order valence-electron chi connectivity index (χ0n) is 15.5. The van der Waals surface area contributed by atoms with E-state index in [0.29, 0.717) is 11.2 Å². The van der Waals surface area contributed by atoms with Gasteiger partial charge in [0, 0.05) is 36.1 Å². The molecule has 0 aliphatic heterocycles. The Labute approximate surface area is 165 Å². The number of nitrogens with one attached hydrogen (secondary N) is 4. The van der Waals surface area contributed by atoms with E-state index in [1.807, 2.05) is 49.5 Å². The number of nitrogens with zero attached hydrogens (tertiary/aromatic N) is 3. The molecule has 0 spiro atoms. The van der Waals surface area contributed by atoms with Crippen LogP contribution in [0.25, 0.3) is 32.9 Å². The Balaban J connectivity index is 1.66. The zero-order valence-corrected chi connectivity index (χ0v) is 15.5. The van der Waals surface area contributed by atoms with E-state index < -0.39 is 0 Å². The monoisotopic (exact) mass is 383 g/mol. The average Bonchev–Trinajstić information content (AvgIpc) is 3.21. The molecule has 0 amide bonds. The third-order valence-electron chi connectivity index (χ3n) is 4.77. The van der Waals surface area contributed by atoms with Gasteiger partial charge >= 0.3 is 0 Å². The largest absolute Gasteiger partial charge is 0.373 e. The molecule has 1 aromatic carbocycles. The summed E-state index contributed by atoms with van der Waals surface area (Å²) in [5, 5.41) is 15.6. The fraction of sp³-hybridized carbons (Fsp3) is 0.0476. The van der Waals surface area contributed by atoms with Crippen LogP contribution in [0.1, 0.15) is 0 Å². The quantitative estimate of drug-likeness (QED) is 0.377. The first-order chi connectivity index (χ1) is 14.2. The van der Waals surface area contributed by atoms with Crippen molar-refractivity contribution in [2.75, 3.05) is 17.7 Å². The Hall–Kier alpha value is -4.20. The maximum atomic E-state index is 12.5. The van der Waals surface area contributed by atoms with Gasteiger partial charge in [-0.05, 0) is 47.9 Å². The number of benzene rings is 1. The maximum absolute atomic E-state index is 12.5. The number of anilines is 3. The van der Waals surface area contributed by atoms with Crippen LogP contribution in [0.4, 0.5) is 17.3 Å². The van der Waals surface area contributed by atoms with Crippen LogP contribution in [0.5, 0.6) is 0 Å². The van der Waals surface area contributed by atoms with Crippen molar-refractivity contribution < 1.29 is 0 Å². The average molecular weight is 383 g/mol. The van der Waals surface area contributed by atoms with E-state index in [4.69, 9.17) is 4.98 Å². The number of fused-ring (bicyclic) bond motifs is 2. The predicted molar refractivity (Wildman–Crippen MR) is 115 cm³/mol. The fourth-order valence-electron chi connectivity index (χ4n) is 3.30. The minimum atomic E-state index is -0.199. The Morgan fingerprint density at radius 1 is 1.00 bits per heavy atom. The van der Waals surface area contributed by atoms with Crippen LogP contribution in [0, 0.1) is 0 Å². The number of aromatic nitrogens is 5. The smallest absolute Gasteiger partial charge is 0.259 e. The van der Waals surface area contributed by atoms with E-state index >= 15 is 0 Å². The first-order valence-corrected chi connectivity index (χ1v) is 9.08. The molecule has 0 saturated carbocycles. The van der Waals surface area contributed by atoms with Crippen molar-refractivity contribution in [3.63, 3.8) is 0 Å². The first-order valence-electron chi connectivity index (χ1n) is 9.08. The van der Waals surface area contributed by atoms with Crippen molar-refractivity contribution in [1.82, 2.24) is 25.1 Å². The van der Waals surface area contributed by atoms with Crippen molar-refractivity contribution in [1.29, 1.82) is 0 Å². The topological polar surface area (TPSA) is 111 Å². The molecule has 8 nitrogen and oxygen atoms in total. The highest BCUT2D eigenvalue weighted by Crippen LogP contribution is 2.28. The maximum Gasteiger partial charge on any atom is 0.259 e. The molecule has 5 aromatic rings. The van der Waals surface area contributed by atoms with Crippen molar-refractivity contribution in [3.05, 3.63) is 71.4 Å². The van der Waals surface area contributed by atoms with Crippen LogP contribution in [0.15, 0.2) is 65.8 Å². The minimum Gasteiger partial charge on any atom is -0.373 e. The van der Waals surface area contributed by atoms with Crippen LogP contribution >= 0.6 is 0 Å². The number of aromatic amines is 2. The molecule has 0 saturated heterocycles. The van der Waals surface area contributed by atoms with Gasteiger partial charge in [0.15, 0.2) is 0 Å². The second kappa shape index (κ2) is 6.75. The summed E-state index contributed by atoms with van der Waals surface area (Å²) in [6.07, 6.45) is 5.16. The van der Waals surface area contributed by atoms with Crippen molar-refractivity contribution >= 4 is 39.0 Å². The van der Waals surface area contributed by atoms with E-state index in [9.17, 15) is 4.79 Å². The summed E-state index contributed by atoms with van der Waals surface area (Å²) in [4.78, 5) is 24.3. The summed E-state index contributed by atoms with van der Waals surface area (Å²) >= 11 is 0. The molecule has 4 aromatic heterocycles. The molecule has 0 unspecified atom stereocenters. The van der Waals surface area contributed by atoms with Crippen LogP contribution in [0.2, 0.25) is 0 Å². The van der Waals surface area contributed by atoms with Gasteiger partial charge in [-0.3, -0.25) is 9.89 Å². The Bertz CT molecular complexity index is 1390. The van der Waals surface area contributed by atoms with Gasteiger partial charge in [0.2, 0.25) is 0 Å². The van der Waals surface area contributed by atoms with Crippen LogP contribution in [0.3, 0.4) is 0 Å².